The fourth-order valence-electron chi connectivity index (χ4n) is 1.62. The summed E-state index contributed by atoms with van der Waals surface area (Å²) >= 11 is 5.88. The molecule has 2 heterocycles. The number of nitrogens with zero attached hydrogens (tertiary/aromatic N) is 1. The third-order valence-corrected chi connectivity index (χ3v) is 2.84. The van der Waals surface area contributed by atoms with Crippen molar-refractivity contribution in [2.24, 2.45) is 0 Å². The average Bonchev–Trinajstić information content (AvgIpc) is 2.23. The van der Waals surface area contributed by atoms with Gasteiger partial charge >= 0.3 is 0 Å². The van der Waals surface area contributed by atoms with Crippen LogP contribution in [0.1, 0.15) is 17.5 Å². The van der Waals surface area contributed by atoms with E-state index in [1.54, 1.807) is 0 Å². The lowest BCUT2D eigenvalue weighted by molar-refractivity contribution is 0.738. The largest absolute Gasteiger partial charge is 0.313 e. The number of rotatable bonds is 1. The molecule has 0 bridgehead atoms. The van der Waals surface area contributed by atoms with Crippen LogP contribution in [0, 0.1) is 6.92 Å². The second-order valence-corrected chi connectivity index (χ2v) is 3.87. The summed E-state index contributed by atoms with van der Waals surface area (Å²) in [6, 6.07) is 2.10. The lowest BCUT2D eigenvalue weighted by Crippen LogP contribution is -2.20. The van der Waals surface area contributed by atoms with Gasteiger partial charge in [0, 0.05) is 12.7 Å². The zero-order valence-corrected chi connectivity index (χ0v) is 8.93. The quantitative estimate of drug-likeness (QED) is 0.718. The third kappa shape index (κ3) is 1.97. The summed E-state index contributed by atoms with van der Waals surface area (Å²) in [5.74, 6) is 0. The molecule has 1 aliphatic rings. The second-order valence-electron chi connectivity index (χ2n) is 3.52. The van der Waals surface area contributed by atoms with Crippen LogP contribution in [0.3, 0.4) is 0 Å². The molecule has 3 heteroatoms. The number of halogens is 1. The van der Waals surface area contributed by atoms with Crippen molar-refractivity contribution >= 4 is 17.2 Å². The molecule has 0 saturated carbocycles. The van der Waals surface area contributed by atoms with Crippen molar-refractivity contribution in [2.75, 3.05) is 13.1 Å². The van der Waals surface area contributed by atoms with E-state index < -0.39 is 0 Å². The molecule has 0 atom stereocenters. The first-order valence-electron chi connectivity index (χ1n) is 4.79. The van der Waals surface area contributed by atoms with Crippen molar-refractivity contribution in [2.45, 2.75) is 13.3 Å². The van der Waals surface area contributed by atoms with E-state index in [-0.39, 0.29) is 0 Å². The Morgan fingerprint density at radius 2 is 2.36 bits per heavy atom. The van der Waals surface area contributed by atoms with Crippen molar-refractivity contribution in [3.63, 3.8) is 0 Å². The monoisotopic (exact) mass is 208 g/mol. The van der Waals surface area contributed by atoms with Crippen molar-refractivity contribution in [1.29, 1.82) is 0 Å². The van der Waals surface area contributed by atoms with E-state index in [9.17, 15) is 0 Å². The van der Waals surface area contributed by atoms with E-state index >= 15 is 0 Å². The number of aromatic nitrogens is 1. The van der Waals surface area contributed by atoms with Crippen molar-refractivity contribution in [1.82, 2.24) is 10.3 Å². The van der Waals surface area contributed by atoms with Crippen LogP contribution in [0.2, 0.25) is 5.15 Å². The number of hydrogen-bond acceptors (Lipinski definition) is 2. The first-order valence-corrected chi connectivity index (χ1v) is 5.17. The van der Waals surface area contributed by atoms with Crippen LogP contribution in [0.4, 0.5) is 0 Å². The molecule has 2 nitrogen and oxygen atoms in total. The molecule has 0 saturated heterocycles. The van der Waals surface area contributed by atoms with Gasteiger partial charge in [-0.05, 0) is 42.7 Å². The van der Waals surface area contributed by atoms with E-state index in [0.717, 1.165) is 25.1 Å². The topological polar surface area (TPSA) is 24.9 Å². The lowest BCUT2D eigenvalue weighted by atomic mass is 10.0. The third-order valence-electron chi connectivity index (χ3n) is 2.45. The lowest BCUT2D eigenvalue weighted by Gasteiger charge is -2.14. The summed E-state index contributed by atoms with van der Waals surface area (Å²) in [7, 11) is 0. The van der Waals surface area contributed by atoms with Gasteiger partial charge in [-0.15, -0.1) is 0 Å². The van der Waals surface area contributed by atoms with E-state index in [1.807, 2.05) is 13.1 Å². The Kier molecular flexibility index (Phi) is 2.85. The Morgan fingerprint density at radius 1 is 1.50 bits per heavy atom. The zero-order valence-electron chi connectivity index (χ0n) is 8.18. The van der Waals surface area contributed by atoms with Crippen LogP contribution in [0.5, 0.6) is 0 Å². The summed E-state index contributed by atoms with van der Waals surface area (Å²) in [5, 5.41) is 3.89. The van der Waals surface area contributed by atoms with Crippen molar-refractivity contribution in [3.8, 4) is 0 Å². The normalized spacial score (nSPS) is 16.6. The van der Waals surface area contributed by atoms with Crippen LogP contribution in [0.15, 0.2) is 18.3 Å². The molecule has 1 N–H and O–H groups in total. The molecule has 0 spiro atoms. The minimum atomic E-state index is 0.600. The zero-order chi connectivity index (χ0) is 9.97. The molecule has 0 fully saturated rings. The second kappa shape index (κ2) is 4.11. The van der Waals surface area contributed by atoms with Gasteiger partial charge in [0.05, 0.1) is 0 Å². The maximum atomic E-state index is 5.88. The van der Waals surface area contributed by atoms with E-state index in [0.29, 0.717) is 5.15 Å². The summed E-state index contributed by atoms with van der Waals surface area (Å²) in [6.07, 6.45) is 5.14. The molecule has 1 aromatic heterocycles. The molecule has 0 radical (unpaired) electrons. The SMILES string of the molecule is Cc1cc(C2=CCNCC2)cnc1Cl. The van der Waals surface area contributed by atoms with Crippen molar-refractivity contribution in [3.05, 3.63) is 34.6 Å². The standard InChI is InChI=1S/C11H13ClN2/c1-8-6-10(7-14-11(8)12)9-2-4-13-5-3-9/h2,6-7,13H,3-5H2,1H3. The highest BCUT2D eigenvalue weighted by molar-refractivity contribution is 6.30. The fourth-order valence-corrected chi connectivity index (χ4v) is 1.72. The van der Waals surface area contributed by atoms with Gasteiger partial charge in [-0.2, -0.15) is 0 Å². The molecule has 74 valence electrons. The highest BCUT2D eigenvalue weighted by Gasteiger charge is 2.07. The molecule has 2 rings (SSSR count). The molecule has 1 aromatic rings. The number of hydrogen-bond donors (Lipinski definition) is 1. The maximum absolute atomic E-state index is 5.88. The van der Waals surface area contributed by atoms with E-state index in [4.69, 9.17) is 11.6 Å². The van der Waals surface area contributed by atoms with Gasteiger partial charge in [-0.3, -0.25) is 0 Å². The molecule has 0 amide bonds. The Morgan fingerprint density at radius 3 is 3.00 bits per heavy atom. The summed E-state index contributed by atoms with van der Waals surface area (Å²) in [5.41, 5.74) is 3.62. The highest BCUT2D eigenvalue weighted by Crippen LogP contribution is 2.22. The first-order chi connectivity index (χ1) is 6.77. The average molecular weight is 209 g/mol. The van der Waals surface area contributed by atoms with Crippen LogP contribution in [-0.4, -0.2) is 18.1 Å². The predicted molar refractivity (Wildman–Crippen MR) is 59.4 cm³/mol. The van der Waals surface area contributed by atoms with Gasteiger partial charge < -0.3 is 5.32 Å². The molecular weight excluding hydrogens is 196 g/mol. The molecular formula is C11H13ClN2. The van der Waals surface area contributed by atoms with Crippen LogP contribution < -0.4 is 5.32 Å². The molecule has 14 heavy (non-hydrogen) atoms. The van der Waals surface area contributed by atoms with Gasteiger partial charge in [0.15, 0.2) is 0 Å². The highest BCUT2D eigenvalue weighted by atomic mass is 35.5. The molecule has 0 aliphatic carbocycles. The van der Waals surface area contributed by atoms with Crippen molar-refractivity contribution < 1.29 is 0 Å². The molecule has 0 aromatic carbocycles. The smallest absolute Gasteiger partial charge is 0.131 e. The Labute approximate surface area is 89.0 Å². The molecule has 1 aliphatic heterocycles. The number of pyridine rings is 1. The summed E-state index contributed by atoms with van der Waals surface area (Å²) < 4.78 is 0. The van der Waals surface area contributed by atoms with Gasteiger partial charge in [0.25, 0.3) is 0 Å². The Balaban J connectivity index is 2.32. The van der Waals surface area contributed by atoms with E-state index in [1.165, 1.54) is 11.1 Å². The van der Waals surface area contributed by atoms with Gasteiger partial charge in [0.1, 0.15) is 5.15 Å². The van der Waals surface area contributed by atoms with E-state index in [2.05, 4.69) is 22.4 Å². The fraction of sp³-hybridized carbons (Fsp3) is 0.364. The Hall–Kier alpha value is -0.860. The summed E-state index contributed by atoms with van der Waals surface area (Å²) in [4.78, 5) is 4.16. The van der Waals surface area contributed by atoms with Crippen LogP contribution >= 0.6 is 11.6 Å². The first kappa shape index (κ1) is 9.69. The maximum Gasteiger partial charge on any atom is 0.131 e. The minimum absolute atomic E-state index is 0.600. The van der Waals surface area contributed by atoms with Gasteiger partial charge in [-0.25, -0.2) is 4.98 Å². The predicted octanol–water partition coefficient (Wildman–Crippen LogP) is 2.42. The van der Waals surface area contributed by atoms with Crippen LogP contribution in [0.25, 0.3) is 5.57 Å². The van der Waals surface area contributed by atoms with Crippen LogP contribution in [-0.2, 0) is 0 Å². The molecule has 0 unspecified atom stereocenters. The summed E-state index contributed by atoms with van der Waals surface area (Å²) in [6.45, 7) is 3.99. The van der Waals surface area contributed by atoms with Gasteiger partial charge in [0.2, 0.25) is 0 Å². The number of nitrogens with one attached hydrogen (secondary N) is 1. The number of aryl methyl sites for hydroxylation is 1. The Bertz CT molecular complexity index is 372. The minimum Gasteiger partial charge on any atom is -0.313 e. The van der Waals surface area contributed by atoms with Gasteiger partial charge in [-0.1, -0.05) is 17.7 Å².